The molecule has 1 aliphatic carbocycles. The van der Waals surface area contributed by atoms with Gasteiger partial charge in [0.25, 0.3) is 5.91 Å². The zero-order chi connectivity index (χ0) is 25.3. The number of hydrogen-bond donors (Lipinski definition) is 3. The van der Waals surface area contributed by atoms with Crippen molar-refractivity contribution in [1.29, 1.82) is 0 Å². The number of nitrogens with zero attached hydrogens (tertiary/aromatic N) is 2. The molecule has 0 unspecified atom stereocenters. The van der Waals surface area contributed by atoms with Crippen LogP contribution in [0.2, 0.25) is 0 Å². The van der Waals surface area contributed by atoms with Gasteiger partial charge in [-0.05, 0) is 31.0 Å². The summed E-state index contributed by atoms with van der Waals surface area (Å²) in [5.41, 5.74) is 0.661. The Kier molecular flexibility index (Phi) is 7.02. The molecule has 34 heavy (non-hydrogen) atoms. The average molecular weight is 501 g/mol. The van der Waals surface area contributed by atoms with Crippen LogP contribution in [0.4, 0.5) is 36.1 Å². The molecule has 10 nitrogen and oxygen atoms in total. The normalized spacial score (nSPS) is 13.8. The van der Waals surface area contributed by atoms with Crippen LogP contribution in [0.15, 0.2) is 30.5 Å². The number of amides is 2. The van der Waals surface area contributed by atoms with Gasteiger partial charge in [-0.25, -0.2) is 18.9 Å². The maximum atomic E-state index is 13.3. The Bertz CT molecular complexity index is 1220. The average Bonchev–Trinajstić information content (AvgIpc) is 3.58. The van der Waals surface area contributed by atoms with E-state index in [1.165, 1.54) is 13.2 Å². The Morgan fingerprint density at radius 1 is 1.18 bits per heavy atom. The van der Waals surface area contributed by atoms with Gasteiger partial charge in [0.1, 0.15) is 5.82 Å². The predicted molar refractivity (Wildman–Crippen MR) is 118 cm³/mol. The molecule has 0 spiro atoms. The van der Waals surface area contributed by atoms with Gasteiger partial charge >= 0.3 is 6.18 Å². The smallest absolute Gasteiger partial charge is 0.353 e. The Morgan fingerprint density at radius 3 is 2.41 bits per heavy atom. The molecular formula is C20H22F3N5O5S. The zero-order valence-electron chi connectivity index (χ0n) is 18.4. The van der Waals surface area contributed by atoms with Gasteiger partial charge in [-0.15, -0.1) is 0 Å². The van der Waals surface area contributed by atoms with E-state index in [1.54, 1.807) is 0 Å². The van der Waals surface area contributed by atoms with E-state index in [2.05, 4.69) is 25.9 Å². The first kappa shape index (κ1) is 25.2. The monoisotopic (exact) mass is 501 g/mol. The first-order valence-electron chi connectivity index (χ1n) is 9.87. The zero-order valence-corrected chi connectivity index (χ0v) is 19.2. The van der Waals surface area contributed by atoms with Gasteiger partial charge in [0, 0.05) is 25.2 Å². The molecule has 0 bridgehead atoms. The van der Waals surface area contributed by atoms with Crippen molar-refractivity contribution in [3.63, 3.8) is 0 Å². The second-order valence-corrected chi connectivity index (χ2v) is 9.61. The summed E-state index contributed by atoms with van der Waals surface area (Å²) in [7, 11) is -1.63. The largest absolute Gasteiger partial charge is 0.416 e. The van der Waals surface area contributed by atoms with Crippen LogP contribution >= 0.6 is 0 Å². The standard InChI is InChI=1S/C20H22F3N5O5S/c1-28(34(3,31)32)16-8-12(20(21,22)23)6-7-14(16)25-15-9-17(26-18(29)11-4-5-11)24-10-13(15)19(30)27-33-2/h6-11H,4-5H2,1-3H3,(H,27,30)(H2,24,25,26,29). The molecule has 3 rings (SSSR count). The number of nitrogens with one attached hydrogen (secondary N) is 3. The molecule has 2 aromatic rings. The number of anilines is 4. The van der Waals surface area contributed by atoms with Gasteiger partial charge in [0.2, 0.25) is 15.9 Å². The minimum Gasteiger partial charge on any atom is -0.353 e. The SMILES string of the molecule is CONC(=O)c1cnc(NC(=O)C2CC2)cc1Nc1ccc(C(F)(F)F)cc1N(C)S(C)(=O)=O. The summed E-state index contributed by atoms with van der Waals surface area (Å²) in [6, 6.07) is 3.80. The van der Waals surface area contributed by atoms with Crippen LogP contribution < -0.4 is 20.4 Å². The third kappa shape index (κ3) is 5.94. The molecule has 0 radical (unpaired) electrons. The van der Waals surface area contributed by atoms with E-state index in [-0.39, 0.29) is 40.3 Å². The molecule has 0 aliphatic heterocycles. The van der Waals surface area contributed by atoms with E-state index in [4.69, 9.17) is 0 Å². The predicted octanol–water partition coefficient (Wildman–Crippen LogP) is 2.88. The fourth-order valence-electron chi connectivity index (χ4n) is 2.93. The maximum absolute atomic E-state index is 13.3. The van der Waals surface area contributed by atoms with Gasteiger partial charge in [-0.1, -0.05) is 0 Å². The third-order valence-electron chi connectivity index (χ3n) is 4.97. The number of hydrogen-bond acceptors (Lipinski definition) is 7. The van der Waals surface area contributed by atoms with E-state index < -0.39 is 27.7 Å². The number of sulfonamides is 1. The van der Waals surface area contributed by atoms with Crippen molar-refractivity contribution in [2.45, 2.75) is 19.0 Å². The highest BCUT2D eigenvalue weighted by atomic mass is 32.2. The number of alkyl halides is 3. The van der Waals surface area contributed by atoms with Crippen LogP contribution in [0.1, 0.15) is 28.8 Å². The van der Waals surface area contributed by atoms with E-state index in [0.29, 0.717) is 10.4 Å². The van der Waals surface area contributed by atoms with E-state index in [9.17, 15) is 31.2 Å². The molecule has 1 aromatic carbocycles. The summed E-state index contributed by atoms with van der Waals surface area (Å²) in [5, 5.41) is 5.40. The topological polar surface area (TPSA) is 130 Å². The van der Waals surface area contributed by atoms with Crippen molar-refractivity contribution >= 4 is 44.7 Å². The fourth-order valence-corrected chi connectivity index (χ4v) is 3.44. The summed E-state index contributed by atoms with van der Waals surface area (Å²) in [4.78, 5) is 33.2. The second-order valence-electron chi connectivity index (χ2n) is 7.60. The summed E-state index contributed by atoms with van der Waals surface area (Å²) in [5.74, 6) is -1.01. The molecule has 0 atom stereocenters. The van der Waals surface area contributed by atoms with Crippen LogP contribution in [0, 0.1) is 5.92 Å². The van der Waals surface area contributed by atoms with Crippen molar-refractivity contribution in [3.8, 4) is 0 Å². The third-order valence-corrected chi connectivity index (χ3v) is 6.17. The van der Waals surface area contributed by atoms with E-state index >= 15 is 0 Å². The first-order chi connectivity index (χ1) is 15.8. The summed E-state index contributed by atoms with van der Waals surface area (Å²) in [6.45, 7) is 0. The van der Waals surface area contributed by atoms with Crippen LogP contribution in [-0.2, 0) is 25.8 Å². The first-order valence-corrected chi connectivity index (χ1v) is 11.7. The number of pyridine rings is 1. The van der Waals surface area contributed by atoms with Gasteiger partial charge in [-0.3, -0.25) is 18.7 Å². The minimum absolute atomic E-state index is 0.0403. The molecule has 14 heteroatoms. The van der Waals surface area contributed by atoms with Crippen molar-refractivity contribution in [1.82, 2.24) is 10.5 Å². The van der Waals surface area contributed by atoms with Crippen LogP contribution in [0.5, 0.6) is 0 Å². The van der Waals surface area contributed by atoms with Crippen LogP contribution in [0.25, 0.3) is 0 Å². The van der Waals surface area contributed by atoms with E-state index in [0.717, 1.165) is 44.5 Å². The Morgan fingerprint density at radius 2 is 1.85 bits per heavy atom. The number of carbonyl (C=O) groups is 2. The maximum Gasteiger partial charge on any atom is 0.416 e. The Balaban J connectivity index is 2.07. The van der Waals surface area contributed by atoms with Gasteiger partial charge in [0.15, 0.2) is 0 Å². The molecule has 3 N–H and O–H groups in total. The molecule has 1 saturated carbocycles. The van der Waals surface area contributed by atoms with Gasteiger partial charge in [0.05, 0.1) is 41.6 Å². The van der Waals surface area contributed by atoms with Crippen LogP contribution in [-0.4, -0.2) is 45.6 Å². The molecule has 1 aliphatic rings. The second kappa shape index (κ2) is 9.46. The molecule has 1 heterocycles. The van der Waals surface area contributed by atoms with Crippen LogP contribution in [0.3, 0.4) is 0 Å². The molecular weight excluding hydrogens is 479 g/mol. The fraction of sp³-hybridized carbons (Fsp3) is 0.350. The summed E-state index contributed by atoms with van der Waals surface area (Å²) < 4.78 is 64.7. The number of aromatic nitrogens is 1. The van der Waals surface area contributed by atoms with Crippen molar-refractivity contribution < 1.29 is 36.0 Å². The van der Waals surface area contributed by atoms with Gasteiger partial charge < -0.3 is 10.6 Å². The highest BCUT2D eigenvalue weighted by Crippen LogP contribution is 2.38. The van der Waals surface area contributed by atoms with Crippen molar-refractivity contribution in [2.24, 2.45) is 5.92 Å². The molecule has 2 amide bonds. The molecule has 184 valence electrons. The molecule has 1 fully saturated rings. The van der Waals surface area contributed by atoms with Crippen molar-refractivity contribution in [3.05, 3.63) is 41.6 Å². The highest BCUT2D eigenvalue weighted by Gasteiger charge is 2.33. The van der Waals surface area contributed by atoms with Crippen molar-refractivity contribution in [2.75, 3.05) is 35.4 Å². The Labute approximate surface area is 193 Å². The molecule has 0 saturated heterocycles. The Hall–Kier alpha value is -3.39. The number of benzene rings is 1. The van der Waals surface area contributed by atoms with Gasteiger partial charge in [-0.2, -0.15) is 13.2 Å². The lowest BCUT2D eigenvalue weighted by molar-refractivity contribution is -0.137. The highest BCUT2D eigenvalue weighted by molar-refractivity contribution is 7.92. The summed E-state index contributed by atoms with van der Waals surface area (Å²) >= 11 is 0. The van der Waals surface area contributed by atoms with E-state index in [1.807, 2.05) is 0 Å². The number of halogens is 3. The minimum atomic E-state index is -4.72. The lowest BCUT2D eigenvalue weighted by Crippen LogP contribution is -2.26. The number of carbonyl (C=O) groups excluding carboxylic acids is 2. The number of hydroxylamine groups is 1. The number of rotatable bonds is 8. The molecule has 1 aromatic heterocycles. The summed E-state index contributed by atoms with van der Waals surface area (Å²) in [6.07, 6.45) is -1.24. The quantitative estimate of drug-likeness (QED) is 0.474. The lowest BCUT2D eigenvalue weighted by atomic mass is 10.1. The lowest BCUT2D eigenvalue weighted by Gasteiger charge is -2.23.